The maximum atomic E-state index is 13.0. The Bertz CT molecular complexity index is 2130. The van der Waals surface area contributed by atoms with Crippen LogP contribution in [0.15, 0.2) is 97.2 Å². The van der Waals surface area contributed by atoms with Crippen molar-refractivity contribution in [3.63, 3.8) is 0 Å². The van der Waals surface area contributed by atoms with Crippen LogP contribution in [0.2, 0.25) is 0 Å². The number of carbonyl (C=O) groups excluding carboxylic acids is 4. The van der Waals surface area contributed by atoms with Gasteiger partial charge in [-0.25, -0.2) is 9.13 Å². The summed E-state index contributed by atoms with van der Waals surface area (Å²) in [6.07, 6.45) is 65.7. The van der Waals surface area contributed by atoms with Crippen molar-refractivity contribution in [1.82, 2.24) is 0 Å². The van der Waals surface area contributed by atoms with Gasteiger partial charge in [0.1, 0.15) is 19.3 Å². The first-order valence-corrected chi connectivity index (χ1v) is 38.5. The van der Waals surface area contributed by atoms with Gasteiger partial charge in [0.15, 0.2) is 12.2 Å². The van der Waals surface area contributed by atoms with Gasteiger partial charge in [0.05, 0.1) is 26.4 Å². The Kier molecular flexibility index (Phi) is 62.8. The third-order valence-electron chi connectivity index (χ3n) is 14.5. The predicted molar refractivity (Wildman–Crippen MR) is 372 cm³/mol. The molecule has 0 rings (SSSR count). The Morgan fingerprint density at radius 1 is 0.315 bits per heavy atom. The first-order valence-electron chi connectivity index (χ1n) is 35.5. The minimum Gasteiger partial charge on any atom is -0.462 e. The van der Waals surface area contributed by atoms with Crippen LogP contribution in [-0.2, 0) is 65.4 Å². The average molecular weight is 1340 g/mol. The minimum atomic E-state index is -4.98. The first-order chi connectivity index (χ1) is 44.7. The molecule has 0 aliphatic heterocycles. The smallest absolute Gasteiger partial charge is 0.462 e. The van der Waals surface area contributed by atoms with E-state index in [1.165, 1.54) is 44.9 Å². The number of allylic oxidation sites excluding steroid dienone is 16. The molecule has 92 heavy (non-hydrogen) atoms. The number of phosphoric ester groups is 2. The molecular weight excluding hydrogens is 1210 g/mol. The summed E-state index contributed by atoms with van der Waals surface area (Å²) in [6.45, 7) is 4.55. The maximum Gasteiger partial charge on any atom is 0.472 e. The van der Waals surface area contributed by atoms with Crippen LogP contribution in [0.1, 0.15) is 285 Å². The van der Waals surface area contributed by atoms with Gasteiger partial charge in [-0.1, -0.05) is 221 Å². The topological polar surface area (TPSA) is 237 Å². The second kappa shape index (κ2) is 65.6. The third-order valence-corrected chi connectivity index (χ3v) is 16.4. The summed E-state index contributed by atoms with van der Waals surface area (Å²) in [5.41, 5.74) is 0. The lowest BCUT2D eigenvalue weighted by Gasteiger charge is -2.21. The summed E-state index contributed by atoms with van der Waals surface area (Å²) in [5.74, 6) is -2.26. The number of aliphatic hydroxyl groups excluding tert-OH is 1. The molecule has 0 amide bonds. The van der Waals surface area contributed by atoms with Gasteiger partial charge >= 0.3 is 39.5 Å². The van der Waals surface area contributed by atoms with Crippen molar-refractivity contribution in [3.05, 3.63) is 97.2 Å². The SMILES string of the molecule is CC/C=C\C/C=C\C/C=C\C/C=C\CCCCC(=O)OCC(COP(=O)(O)OCC(O)COP(=O)(O)OCC(COC(=O)CCCCCCC/C=C\C/C=C\CCCCC)OC(=O)CCCCCCC/C=C\CCCC)OC(=O)CCCCCCC/C=C\CCCC. The van der Waals surface area contributed by atoms with Crippen LogP contribution >= 0.6 is 15.6 Å². The molecule has 0 aromatic carbocycles. The molecule has 0 spiro atoms. The molecule has 530 valence electrons. The molecule has 0 heterocycles. The number of esters is 4. The van der Waals surface area contributed by atoms with E-state index in [4.69, 9.17) is 37.0 Å². The zero-order valence-electron chi connectivity index (χ0n) is 57.4. The maximum absolute atomic E-state index is 13.0. The van der Waals surface area contributed by atoms with Gasteiger partial charge < -0.3 is 33.8 Å². The van der Waals surface area contributed by atoms with Crippen molar-refractivity contribution >= 4 is 39.5 Å². The van der Waals surface area contributed by atoms with Crippen molar-refractivity contribution < 1.29 is 80.2 Å². The van der Waals surface area contributed by atoms with E-state index >= 15 is 0 Å². The quantitative estimate of drug-likeness (QED) is 0.0169. The molecule has 0 aliphatic carbocycles. The lowest BCUT2D eigenvalue weighted by atomic mass is 10.1. The highest BCUT2D eigenvalue weighted by molar-refractivity contribution is 7.47. The standard InChI is InChI=1S/C73H126O17P2/c1-5-9-13-17-21-25-29-31-33-35-39-41-45-49-53-57-70(75)83-63-68(89-72(77)59-55-51-47-43-37-27-23-19-15-11-7-3)65-87-91(79,80)85-61-67(74)62-86-92(81,82)88-66-69(90-73(78)60-56-52-48-44-38-28-24-20-16-12-8-4)64-84-71(76)58-54-50-46-42-40-36-34-32-30-26-22-18-14-10-6-2/h9,13,19-26,31-34,39,41,67-69,74H,5-8,10-12,14-18,27-30,35-38,40,42-66H2,1-4H3,(H,79,80)(H,81,82)/b13-9-,23-19-,24-20-,25-21-,26-22-,33-31-,34-32-,41-39-. The predicted octanol–water partition coefficient (Wildman–Crippen LogP) is 19.7. The Hall–Kier alpha value is -4.02. The second-order valence-corrected chi connectivity index (χ2v) is 26.3. The molecule has 0 bridgehead atoms. The summed E-state index contributed by atoms with van der Waals surface area (Å²) in [6, 6.07) is 0. The van der Waals surface area contributed by atoms with Crippen LogP contribution in [-0.4, -0.2) is 96.7 Å². The molecular formula is C73H126O17P2. The monoisotopic (exact) mass is 1340 g/mol. The fraction of sp³-hybridized carbons (Fsp3) is 0.726. The molecule has 5 atom stereocenters. The Labute approximate surface area is 557 Å². The molecule has 3 N–H and O–H groups in total. The largest absolute Gasteiger partial charge is 0.472 e. The summed E-state index contributed by atoms with van der Waals surface area (Å²) in [5, 5.41) is 10.6. The van der Waals surface area contributed by atoms with Crippen molar-refractivity contribution in [2.24, 2.45) is 0 Å². The fourth-order valence-corrected chi connectivity index (χ4v) is 10.6. The normalized spacial score (nSPS) is 14.6. The van der Waals surface area contributed by atoms with Crippen LogP contribution in [0, 0.1) is 0 Å². The number of phosphoric acid groups is 2. The lowest BCUT2D eigenvalue weighted by molar-refractivity contribution is -0.161. The highest BCUT2D eigenvalue weighted by Gasteiger charge is 2.30. The van der Waals surface area contributed by atoms with Gasteiger partial charge in [-0.05, 0) is 135 Å². The van der Waals surface area contributed by atoms with E-state index in [2.05, 4.69) is 125 Å². The molecule has 17 nitrogen and oxygen atoms in total. The Morgan fingerprint density at radius 3 is 0.935 bits per heavy atom. The van der Waals surface area contributed by atoms with Crippen LogP contribution in [0.4, 0.5) is 0 Å². The summed E-state index contributed by atoms with van der Waals surface area (Å²) < 4.78 is 68.1. The number of ether oxygens (including phenoxy) is 4. The molecule has 0 radical (unpaired) electrons. The molecule has 0 aliphatic rings. The zero-order valence-corrected chi connectivity index (χ0v) is 59.2. The number of aliphatic hydroxyl groups is 1. The lowest BCUT2D eigenvalue weighted by Crippen LogP contribution is -2.30. The second-order valence-electron chi connectivity index (χ2n) is 23.4. The highest BCUT2D eigenvalue weighted by atomic mass is 31.2. The van der Waals surface area contributed by atoms with Gasteiger partial charge in [-0.3, -0.25) is 37.3 Å². The van der Waals surface area contributed by atoms with Gasteiger partial charge in [0.2, 0.25) is 0 Å². The summed E-state index contributed by atoms with van der Waals surface area (Å²) >= 11 is 0. The number of hydrogen-bond donors (Lipinski definition) is 3. The third kappa shape index (κ3) is 64.7. The van der Waals surface area contributed by atoms with E-state index < -0.39 is 97.5 Å². The van der Waals surface area contributed by atoms with E-state index in [1.54, 1.807) is 0 Å². The summed E-state index contributed by atoms with van der Waals surface area (Å²) in [7, 11) is -9.95. The Balaban J connectivity index is 5.35. The van der Waals surface area contributed by atoms with E-state index in [0.29, 0.717) is 25.7 Å². The molecule has 0 aromatic heterocycles. The molecule has 5 unspecified atom stereocenters. The van der Waals surface area contributed by atoms with Gasteiger partial charge in [-0.15, -0.1) is 0 Å². The van der Waals surface area contributed by atoms with Crippen LogP contribution in [0.3, 0.4) is 0 Å². The number of carbonyl (C=O) groups is 4. The van der Waals surface area contributed by atoms with Gasteiger partial charge in [-0.2, -0.15) is 0 Å². The molecule has 0 aromatic rings. The van der Waals surface area contributed by atoms with Crippen LogP contribution in [0.5, 0.6) is 0 Å². The van der Waals surface area contributed by atoms with E-state index in [0.717, 1.165) is 161 Å². The van der Waals surface area contributed by atoms with E-state index in [9.17, 15) is 43.2 Å². The summed E-state index contributed by atoms with van der Waals surface area (Å²) in [4.78, 5) is 72.5. The Morgan fingerprint density at radius 2 is 0.576 bits per heavy atom. The number of rotatable bonds is 66. The molecule has 0 fully saturated rings. The van der Waals surface area contributed by atoms with Crippen LogP contribution < -0.4 is 0 Å². The molecule has 0 saturated carbocycles. The van der Waals surface area contributed by atoms with Gasteiger partial charge in [0, 0.05) is 25.7 Å². The van der Waals surface area contributed by atoms with Crippen molar-refractivity contribution in [2.75, 3.05) is 39.6 Å². The fourth-order valence-electron chi connectivity index (χ4n) is 9.02. The van der Waals surface area contributed by atoms with Crippen molar-refractivity contribution in [1.29, 1.82) is 0 Å². The molecule has 0 saturated heterocycles. The number of unbranched alkanes of at least 4 members (excludes halogenated alkanes) is 24. The zero-order chi connectivity index (χ0) is 67.5. The van der Waals surface area contributed by atoms with Crippen LogP contribution in [0.25, 0.3) is 0 Å². The van der Waals surface area contributed by atoms with E-state index in [1.807, 2.05) is 0 Å². The van der Waals surface area contributed by atoms with Gasteiger partial charge in [0.25, 0.3) is 0 Å². The van der Waals surface area contributed by atoms with Crippen molar-refractivity contribution in [3.8, 4) is 0 Å². The van der Waals surface area contributed by atoms with Crippen molar-refractivity contribution in [2.45, 2.75) is 303 Å². The van der Waals surface area contributed by atoms with E-state index in [-0.39, 0.29) is 25.7 Å². The first kappa shape index (κ1) is 88.0. The number of hydrogen-bond acceptors (Lipinski definition) is 15. The molecule has 19 heteroatoms. The average Bonchev–Trinajstić information content (AvgIpc) is 2.55. The highest BCUT2D eigenvalue weighted by Crippen LogP contribution is 2.45. The minimum absolute atomic E-state index is 0.0745.